The molecule has 0 saturated carbocycles. The van der Waals surface area contributed by atoms with Crippen molar-refractivity contribution < 1.29 is 9.21 Å². The van der Waals surface area contributed by atoms with E-state index >= 15 is 0 Å². The van der Waals surface area contributed by atoms with E-state index in [0.717, 1.165) is 18.5 Å². The molecule has 5 heteroatoms. The predicted molar refractivity (Wildman–Crippen MR) is 92.9 cm³/mol. The van der Waals surface area contributed by atoms with Gasteiger partial charge in [0.25, 0.3) is 5.91 Å². The van der Waals surface area contributed by atoms with Crippen LogP contribution in [-0.2, 0) is 11.3 Å². The van der Waals surface area contributed by atoms with E-state index in [1.54, 1.807) is 30.9 Å². The highest BCUT2D eigenvalue weighted by molar-refractivity contribution is 6.24. The molecule has 0 unspecified atom stereocenters. The van der Waals surface area contributed by atoms with Gasteiger partial charge in [-0.2, -0.15) is 0 Å². The number of nitrogens with zero attached hydrogens (tertiary/aromatic N) is 2. The van der Waals surface area contributed by atoms with Crippen molar-refractivity contribution in [3.05, 3.63) is 78.8 Å². The van der Waals surface area contributed by atoms with E-state index in [-0.39, 0.29) is 5.91 Å². The lowest BCUT2D eigenvalue weighted by molar-refractivity contribution is -0.115. The van der Waals surface area contributed by atoms with Gasteiger partial charge in [-0.05, 0) is 30.2 Å². The number of carbonyl (C=O) groups excluding carboxylic acids is 1. The monoisotopic (exact) mass is 321 g/mol. The van der Waals surface area contributed by atoms with Crippen LogP contribution >= 0.6 is 0 Å². The summed E-state index contributed by atoms with van der Waals surface area (Å²) in [4.78, 5) is 16.6. The van der Waals surface area contributed by atoms with Crippen LogP contribution < -0.4 is 5.32 Å². The lowest BCUT2D eigenvalue weighted by Crippen LogP contribution is -2.26. The van der Waals surface area contributed by atoms with Crippen LogP contribution in [0.15, 0.2) is 71.9 Å². The molecule has 0 bridgehead atoms. The van der Waals surface area contributed by atoms with Gasteiger partial charge in [-0.25, -0.2) is 4.98 Å². The Kier molecular flexibility index (Phi) is 5.24. The first-order valence-electron chi connectivity index (χ1n) is 7.87. The van der Waals surface area contributed by atoms with Gasteiger partial charge in [0, 0.05) is 25.5 Å². The maximum absolute atomic E-state index is 12.6. The molecular weight excluding hydrogens is 302 g/mol. The van der Waals surface area contributed by atoms with E-state index in [1.165, 1.54) is 0 Å². The van der Waals surface area contributed by atoms with E-state index in [1.807, 2.05) is 47.2 Å². The smallest absolute Gasteiger partial charge is 0.252 e. The first kappa shape index (κ1) is 15.8. The topological polar surface area (TPSA) is 60.1 Å². The summed E-state index contributed by atoms with van der Waals surface area (Å²) in [6, 6.07) is 13.2. The molecule has 0 aliphatic rings. The van der Waals surface area contributed by atoms with Gasteiger partial charge < -0.3 is 14.3 Å². The zero-order valence-electron chi connectivity index (χ0n) is 13.3. The maximum Gasteiger partial charge on any atom is 0.252 e. The fourth-order valence-electron chi connectivity index (χ4n) is 2.39. The summed E-state index contributed by atoms with van der Waals surface area (Å²) in [5, 5.41) is 2.97. The number of rotatable bonds is 7. The number of carbonyl (C=O) groups is 1. The fraction of sp³-hybridized carbons (Fsp3) is 0.158. The second-order valence-electron chi connectivity index (χ2n) is 5.35. The molecule has 122 valence electrons. The fourth-order valence-corrected chi connectivity index (χ4v) is 2.39. The van der Waals surface area contributed by atoms with Gasteiger partial charge >= 0.3 is 0 Å². The van der Waals surface area contributed by atoms with Crippen LogP contribution in [0, 0.1) is 0 Å². The molecule has 2 heterocycles. The van der Waals surface area contributed by atoms with Gasteiger partial charge in [0.2, 0.25) is 0 Å². The molecule has 1 aromatic carbocycles. The van der Waals surface area contributed by atoms with Crippen LogP contribution in [-0.4, -0.2) is 22.0 Å². The van der Waals surface area contributed by atoms with Gasteiger partial charge in [-0.1, -0.05) is 30.3 Å². The van der Waals surface area contributed by atoms with E-state index in [0.29, 0.717) is 17.9 Å². The number of hydrogen-bond acceptors (Lipinski definition) is 3. The Morgan fingerprint density at radius 2 is 2.08 bits per heavy atom. The molecule has 1 amide bonds. The highest BCUT2D eigenvalue weighted by Gasteiger charge is 2.12. The van der Waals surface area contributed by atoms with Crippen molar-refractivity contribution in [2.45, 2.75) is 13.0 Å². The molecule has 0 aliphatic carbocycles. The maximum atomic E-state index is 12.6. The lowest BCUT2D eigenvalue weighted by atomic mass is 10.0. The van der Waals surface area contributed by atoms with Crippen molar-refractivity contribution in [1.82, 2.24) is 14.9 Å². The number of aryl methyl sites for hydroxylation is 1. The minimum absolute atomic E-state index is 0.108. The van der Waals surface area contributed by atoms with Crippen LogP contribution in [0.5, 0.6) is 0 Å². The number of amides is 1. The number of nitrogens with one attached hydrogen (secondary N) is 1. The molecule has 0 aliphatic heterocycles. The largest absolute Gasteiger partial charge is 0.465 e. The quantitative estimate of drug-likeness (QED) is 0.537. The highest BCUT2D eigenvalue weighted by atomic mass is 16.3. The zero-order valence-corrected chi connectivity index (χ0v) is 13.3. The Balaban J connectivity index is 1.65. The van der Waals surface area contributed by atoms with Crippen molar-refractivity contribution >= 4 is 17.6 Å². The second kappa shape index (κ2) is 7.97. The number of hydrogen-bond donors (Lipinski definition) is 1. The minimum atomic E-state index is -0.108. The Bertz CT molecular complexity index is 775. The molecule has 24 heavy (non-hydrogen) atoms. The normalized spacial score (nSPS) is 11.4. The zero-order chi connectivity index (χ0) is 16.6. The van der Waals surface area contributed by atoms with Gasteiger partial charge in [-0.3, -0.25) is 4.79 Å². The van der Waals surface area contributed by atoms with Crippen LogP contribution in [0.1, 0.15) is 17.7 Å². The summed E-state index contributed by atoms with van der Waals surface area (Å²) in [6.07, 6.45) is 9.63. The Morgan fingerprint density at radius 3 is 2.79 bits per heavy atom. The third-order valence-electron chi connectivity index (χ3n) is 3.60. The third kappa shape index (κ3) is 4.23. The average Bonchev–Trinajstić information content (AvgIpc) is 3.31. The van der Waals surface area contributed by atoms with E-state index in [9.17, 15) is 4.79 Å². The molecule has 0 atom stereocenters. The molecule has 0 saturated heterocycles. The summed E-state index contributed by atoms with van der Waals surface area (Å²) < 4.78 is 7.33. The SMILES string of the molecule is O=C(NCCCn1ccnc1)/C(=C/c1ccco1)c1ccccc1. The van der Waals surface area contributed by atoms with Crippen LogP contribution in [0.4, 0.5) is 0 Å². The molecule has 1 N–H and O–H groups in total. The van der Waals surface area contributed by atoms with Crippen molar-refractivity contribution in [3.63, 3.8) is 0 Å². The molecule has 0 spiro atoms. The van der Waals surface area contributed by atoms with E-state index in [2.05, 4.69) is 10.3 Å². The van der Waals surface area contributed by atoms with Crippen LogP contribution in [0.2, 0.25) is 0 Å². The third-order valence-corrected chi connectivity index (χ3v) is 3.60. The van der Waals surface area contributed by atoms with Gasteiger partial charge in [0.15, 0.2) is 0 Å². The number of benzene rings is 1. The first-order chi connectivity index (χ1) is 11.8. The first-order valence-corrected chi connectivity index (χ1v) is 7.87. The minimum Gasteiger partial charge on any atom is -0.465 e. The van der Waals surface area contributed by atoms with Crippen LogP contribution in [0.3, 0.4) is 0 Å². The predicted octanol–water partition coefficient (Wildman–Crippen LogP) is 3.22. The highest BCUT2D eigenvalue weighted by Crippen LogP contribution is 2.18. The van der Waals surface area contributed by atoms with E-state index < -0.39 is 0 Å². The van der Waals surface area contributed by atoms with Crippen LogP contribution in [0.25, 0.3) is 11.6 Å². The van der Waals surface area contributed by atoms with Crippen molar-refractivity contribution in [2.75, 3.05) is 6.54 Å². The van der Waals surface area contributed by atoms with Crippen molar-refractivity contribution in [1.29, 1.82) is 0 Å². The number of aromatic nitrogens is 2. The van der Waals surface area contributed by atoms with Gasteiger partial charge in [0.1, 0.15) is 5.76 Å². The summed E-state index contributed by atoms with van der Waals surface area (Å²) in [7, 11) is 0. The Hall–Kier alpha value is -3.08. The summed E-state index contributed by atoms with van der Waals surface area (Å²) in [5.41, 5.74) is 1.45. The molecule has 3 rings (SSSR count). The average molecular weight is 321 g/mol. The molecule has 0 fully saturated rings. The summed E-state index contributed by atoms with van der Waals surface area (Å²) in [6.45, 7) is 1.42. The van der Waals surface area contributed by atoms with Gasteiger partial charge in [-0.15, -0.1) is 0 Å². The molecule has 0 radical (unpaired) electrons. The molecule has 2 aromatic heterocycles. The standard InChI is InChI=1S/C19H19N3O2/c23-19(21-9-5-11-22-12-10-20-15-22)18(14-17-8-4-13-24-17)16-6-2-1-3-7-16/h1-4,6-8,10,12-15H,5,9,11H2,(H,21,23)/b18-14+. The molecule has 3 aromatic rings. The molecular formula is C19H19N3O2. The number of furan rings is 1. The van der Waals surface area contributed by atoms with Gasteiger partial charge in [0.05, 0.1) is 18.2 Å². The van der Waals surface area contributed by atoms with E-state index in [4.69, 9.17) is 4.42 Å². The summed E-state index contributed by atoms with van der Waals surface area (Å²) in [5.74, 6) is 0.547. The Labute approximate surface area is 140 Å². The number of imidazole rings is 1. The second-order valence-corrected chi connectivity index (χ2v) is 5.35. The van der Waals surface area contributed by atoms with Crippen molar-refractivity contribution in [2.24, 2.45) is 0 Å². The molecule has 5 nitrogen and oxygen atoms in total. The lowest BCUT2D eigenvalue weighted by Gasteiger charge is -2.09. The van der Waals surface area contributed by atoms with Crippen molar-refractivity contribution in [3.8, 4) is 0 Å². The summed E-state index contributed by atoms with van der Waals surface area (Å²) >= 11 is 0. The Morgan fingerprint density at radius 1 is 1.21 bits per heavy atom.